The summed E-state index contributed by atoms with van der Waals surface area (Å²) in [7, 11) is 0. The van der Waals surface area contributed by atoms with Gasteiger partial charge < -0.3 is 3.07 Å². The summed E-state index contributed by atoms with van der Waals surface area (Å²) in [6.45, 7) is 12.6. The van der Waals surface area contributed by atoms with E-state index in [1.54, 1.807) is 23.0 Å². The summed E-state index contributed by atoms with van der Waals surface area (Å²) in [5.41, 5.74) is 0.575. The van der Waals surface area contributed by atoms with Crippen LogP contribution in [0.3, 0.4) is 0 Å². The van der Waals surface area contributed by atoms with Gasteiger partial charge in [0, 0.05) is 5.57 Å². The number of hydrogen-bond acceptors (Lipinski definition) is 1. The fourth-order valence-corrected chi connectivity index (χ4v) is 1.96. The molecule has 0 aliphatic carbocycles. The molecule has 0 amide bonds. The average molecular weight is 388 g/mol. The van der Waals surface area contributed by atoms with Crippen LogP contribution in [0.5, 0.6) is 0 Å². The second-order valence-corrected chi connectivity index (χ2v) is 5.46. The largest absolute Gasteiger partial charge is 0.427 e. The minimum absolute atomic E-state index is 0.0856. The Morgan fingerprint density at radius 1 is 1.16 bits per heavy atom. The van der Waals surface area contributed by atoms with Crippen molar-refractivity contribution in [1.82, 2.24) is 0 Å². The van der Waals surface area contributed by atoms with Crippen LogP contribution >= 0.6 is 23.0 Å². The molecule has 0 saturated carbocycles. The molecule has 110 valence electrons. The molecule has 0 bridgehead atoms. The summed E-state index contributed by atoms with van der Waals surface area (Å²) in [4.78, 5) is 0. The van der Waals surface area contributed by atoms with Gasteiger partial charge in [-0.3, -0.25) is 0 Å². The highest BCUT2D eigenvalue weighted by Gasteiger charge is 2.31. The number of hydrogen-bond donors (Lipinski definition) is 0. The molecule has 0 atom stereocenters. The summed E-state index contributed by atoms with van der Waals surface area (Å²) >= 11 is 1.70. The predicted molar refractivity (Wildman–Crippen MR) is 80.8 cm³/mol. The van der Waals surface area contributed by atoms with Crippen molar-refractivity contribution >= 4 is 23.0 Å². The van der Waals surface area contributed by atoms with Gasteiger partial charge in [-0.1, -0.05) is 34.3 Å². The second-order valence-electron chi connectivity index (χ2n) is 5.02. The molecule has 0 aromatic heterocycles. The van der Waals surface area contributed by atoms with Crippen LogP contribution in [0.15, 0.2) is 35.1 Å². The van der Waals surface area contributed by atoms with E-state index in [0.717, 1.165) is 11.6 Å². The summed E-state index contributed by atoms with van der Waals surface area (Å²) in [6, 6.07) is 0. The van der Waals surface area contributed by atoms with Gasteiger partial charge in [0.1, 0.15) is 5.76 Å². The van der Waals surface area contributed by atoms with Crippen molar-refractivity contribution in [1.29, 1.82) is 0 Å². The lowest BCUT2D eigenvalue weighted by Crippen LogP contribution is -2.12. The highest BCUT2D eigenvalue weighted by molar-refractivity contribution is 14.1. The number of allylic oxidation sites excluding steroid dienone is 4. The summed E-state index contributed by atoms with van der Waals surface area (Å²) in [5, 5.41) is 0. The van der Waals surface area contributed by atoms with Crippen LogP contribution in [0, 0.1) is 11.8 Å². The summed E-state index contributed by atoms with van der Waals surface area (Å²) < 4.78 is 43.1. The Balaban J connectivity index is 5.75. The molecule has 0 radical (unpaired) electrons. The zero-order chi connectivity index (χ0) is 15.4. The van der Waals surface area contributed by atoms with Crippen molar-refractivity contribution in [2.45, 2.75) is 40.8 Å². The van der Waals surface area contributed by atoms with Crippen LogP contribution in [0.2, 0.25) is 0 Å². The van der Waals surface area contributed by atoms with Crippen LogP contribution in [-0.2, 0) is 3.07 Å². The fourth-order valence-electron chi connectivity index (χ4n) is 1.36. The number of halogens is 4. The van der Waals surface area contributed by atoms with Crippen LogP contribution in [0.4, 0.5) is 13.2 Å². The van der Waals surface area contributed by atoms with E-state index in [2.05, 4.69) is 6.58 Å². The Hall–Kier alpha value is -0.460. The second kappa shape index (κ2) is 7.36. The maximum absolute atomic E-state index is 12.6. The van der Waals surface area contributed by atoms with Gasteiger partial charge in [-0.25, -0.2) is 0 Å². The summed E-state index contributed by atoms with van der Waals surface area (Å²) in [5.74, 6) is 0.625. The molecular weight excluding hydrogens is 368 g/mol. The third-order valence-electron chi connectivity index (χ3n) is 2.88. The highest BCUT2D eigenvalue weighted by atomic mass is 127. The van der Waals surface area contributed by atoms with E-state index >= 15 is 0 Å². The van der Waals surface area contributed by atoms with E-state index in [1.807, 2.05) is 34.6 Å². The maximum atomic E-state index is 12.6. The highest BCUT2D eigenvalue weighted by Crippen LogP contribution is 2.33. The first kappa shape index (κ1) is 18.5. The molecule has 0 aliphatic rings. The number of rotatable bonds is 5. The standard InChI is InChI=1S/C14H20F3IO/c1-8(2)11(6)13(19-18)12(9(3)4)7-10(5)14(15,16)17/h7-9H,5H2,1-4,6H3/b12-7-,13-11-. The molecule has 0 fully saturated rings. The van der Waals surface area contributed by atoms with Crippen molar-refractivity contribution < 1.29 is 16.2 Å². The molecule has 19 heavy (non-hydrogen) atoms. The molecule has 0 rings (SSSR count). The van der Waals surface area contributed by atoms with Crippen LogP contribution in [0.25, 0.3) is 0 Å². The third kappa shape index (κ3) is 5.58. The van der Waals surface area contributed by atoms with Crippen molar-refractivity contribution in [3.8, 4) is 0 Å². The monoisotopic (exact) mass is 388 g/mol. The molecular formula is C14H20F3IO. The molecule has 0 aromatic rings. The smallest absolute Gasteiger partial charge is 0.415 e. The van der Waals surface area contributed by atoms with Gasteiger partial charge in [0.2, 0.25) is 0 Å². The minimum atomic E-state index is -4.41. The van der Waals surface area contributed by atoms with Crippen LogP contribution in [0.1, 0.15) is 34.6 Å². The molecule has 5 heteroatoms. The van der Waals surface area contributed by atoms with Crippen LogP contribution < -0.4 is 0 Å². The SMILES string of the molecule is C=C(/C=C(\C(OI)=C(/C)C(C)C)C(C)C)C(F)(F)F. The first-order valence-corrected chi connectivity index (χ1v) is 6.87. The molecule has 0 aromatic carbocycles. The summed E-state index contributed by atoms with van der Waals surface area (Å²) in [6.07, 6.45) is -3.34. The van der Waals surface area contributed by atoms with E-state index in [1.165, 1.54) is 0 Å². The zero-order valence-electron chi connectivity index (χ0n) is 11.9. The Morgan fingerprint density at radius 3 is 1.89 bits per heavy atom. The molecule has 1 nitrogen and oxygen atoms in total. The predicted octanol–water partition coefficient (Wildman–Crippen LogP) is 5.98. The number of alkyl halides is 3. The topological polar surface area (TPSA) is 9.23 Å². The molecule has 0 unspecified atom stereocenters. The fraction of sp³-hybridized carbons (Fsp3) is 0.571. The lowest BCUT2D eigenvalue weighted by molar-refractivity contribution is -0.0879. The molecule has 0 N–H and O–H groups in total. The Morgan fingerprint density at radius 2 is 1.63 bits per heavy atom. The van der Waals surface area contributed by atoms with Gasteiger partial charge in [0.25, 0.3) is 0 Å². The van der Waals surface area contributed by atoms with E-state index in [-0.39, 0.29) is 11.8 Å². The van der Waals surface area contributed by atoms with Gasteiger partial charge >= 0.3 is 6.18 Å². The quantitative estimate of drug-likeness (QED) is 0.320. The van der Waals surface area contributed by atoms with Gasteiger partial charge in [-0.15, -0.1) is 0 Å². The lowest BCUT2D eigenvalue weighted by Gasteiger charge is -2.19. The minimum Gasteiger partial charge on any atom is -0.427 e. The molecule has 0 heterocycles. The van der Waals surface area contributed by atoms with Crippen molar-refractivity contribution in [3.63, 3.8) is 0 Å². The van der Waals surface area contributed by atoms with E-state index in [4.69, 9.17) is 3.07 Å². The molecule has 0 aliphatic heterocycles. The maximum Gasteiger partial charge on any atom is 0.415 e. The molecule has 0 spiro atoms. The zero-order valence-corrected chi connectivity index (χ0v) is 14.0. The average Bonchev–Trinajstić information content (AvgIpc) is 2.26. The Bertz CT molecular complexity index is 390. The van der Waals surface area contributed by atoms with Gasteiger partial charge in [-0.05, 0) is 36.0 Å². The van der Waals surface area contributed by atoms with Gasteiger partial charge in [0.05, 0.1) is 0 Å². The van der Waals surface area contributed by atoms with Crippen molar-refractivity contribution in [2.75, 3.05) is 0 Å². The molecule has 0 saturated heterocycles. The van der Waals surface area contributed by atoms with Gasteiger partial charge in [-0.2, -0.15) is 13.2 Å². The Kier molecular flexibility index (Phi) is 7.18. The van der Waals surface area contributed by atoms with E-state index in [0.29, 0.717) is 11.3 Å². The van der Waals surface area contributed by atoms with Crippen LogP contribution in [-0.4, -0.2) is 6.18 Å². The first-order valence-electron chi connectivity index (χ1n) is 5.99. The Labute approximate surface area is 127 Å². The third-order valence-corrected chi connectivity index (χ3v) is 3.32. The first-order chi connectivity index (χ1) is 8.52. The van der Waals surface area contributed by atoms with Crippen molar-refractivity contribution in [3.05, 3.63) is 35.1 Å². The van der Waals surface area contributed by atoms with Crippen molar-refractivity contribution in [2.24, 2.45) is 11.8 Å². The lowest BCUT2D eigenvalue weighted by atomic mass is 9.93. The normalized spacial score (nSPS) is 14.8. The van der Waals surface area contributed by atoms with E-state index < -0.39 is 11.7 Å². The van der Waals surface area contributed by atoms with E-state index in [9.17, 15) is 13.2 Å². The van der Waals surface area contributed by atoms with Gasteiger partial charge in [0.15, 0.2) is 23.0 Å².